The lowest BCUT2D eigenvalue weighted by atomic mass is 9.92. The summed E-state index contributed by atoms with van der Waals surface area (Å²) >= 11 is 0. The quantitative estimate of drug-likeness (QED) is 0.0213. The Morgan fingerprint density at radius 1 is 0.933 bits per heavy atom. The maximum absolute atomic E-state index is 13.5. The summed E-state index contributed by atoms with van der Waals surface area (Å²) < 4.78 is 0. The second kappa shape index (κ2) is 24.7. The van der Waals surface area contributed by atoms with Crippen LogP contribution in [0.4, 0.5) is 11.6 Å². The molecule has 0 aliphatic heterocycles. The van der Waals surface area contributed by atoms with E-state index in [2.05, 4.69) is 40.9 Å². The van der Waals surface area contributed by atoms with Crippen LogP contribution in [-0.4, -0.2) is 108 Å². The number of amides is 2. The highest BCUT2D eigenvalue weighted by Crippen LogP contribution is 2.27. The van der Waals surface area contributed by atoms with Crippen LogP contribution in [0.5, 0.6) is 0 Å². The number of aromatic amines is 1. The molecule has 324 valence electrons. The number of aliphatic carboxylic acids is 2. The first kappa shape index (κ1) is 48.3. The number of carbonyl (C=O) groups is 7. The number of nitrogens with one attached hydrogen (secondary N) is 4. The predicted octanol–water partition coefficient (Wildman–Crippen LogP) is 1.03. The van der Waals surface area contributed by atoms with Crippen molar-refractivity contribution in [3.05, 3.63) is 52.1 Å². The van der Waals surface area contributed by atoms with E-state index in [4.69, 9.17) is 17.2 Å². The zero-order valence-corrected chi connectivity index (χ0v) is 34.4. The smallest absolute Gasteiger partial charge is 0.307 e. The maximum atomic E-state index is 13.5. The minimum absolute atomic E-state index is 0.00628. The number of carboxylic acids is 2. The predicted molar refractivity (Wildman–Crippen MR) is 226 cm³/mol. The third-order valence-electron chi connectivity index (χ3n) is 8.65. The fraction of sp³-hybridized carbons (Fsp3) is 0.459. The van der Waals surface area contributed by atoms with Crippen LogP contribution in [0.15, 0.2) is 40.2 Å². The number of carboxylic acid groups (broad SMARTS) is 2. The lowest BCUT2D eigenvalue weighted by molar-refractivity contribution is -0.144. The zero-order chi connectivity index (χ0) is 44.2. The van der Waals surface area contributed by atoms with Gasteiger partial charge in [-0.3, -0.25) is 48.3 Å². The van der Waals surface area contributed by atoms with Gasteiger partial charge in [-0.15, -0.1) is 0 Å². The molecule has 0 spiro atoms. The fourth-order valence-corrected chi connectivity index (χ4v) is 7.91. The topological polar surface area (TPSA) is 358 Å². The Kier molecular flexibility index (Phi) is 19.9. The van der Waals surface area contributed by atoms with Crippen molar-refractivity contribution in [1.29, 1.82) is 0 Å². The summed E-state index contributed by atoms with van der Waals surface area (Å²) in [6.45, 7) is 1.94. The highest BCUT2D eigenvalue weighted by molar-refractivity contribution is 8.76. The molecule has 0 radical (unpaired) electrons. The molecule has 3 atom stereocenters. The molecule has 2 aromatic heterocycles. The summed E-state index contributed by atoms with van der Waals surface area (Å²) in [5.74, 6) is -6.90. The van der Waals surface area contributed by atoms with Gasteiger partial charge in [-0.2, -0.15) is 4.98 Å². The van der Waals surface area contributed by atoms with Crippen molar-refractivity contribution in [3.63, 3.8) is 0 Å². The number of anilines is 2. The lowest BCUT2D eigenvalue weighted by Crippen LogP contribution is -2.46. The second-order valence-electron chi connectivity index (χ2n) is 13.6. The van der Waals surface area contributed by atoms with Crippen LogP contribution in [0, 0.1) is 11.8 Å². The van der Waals surface area contributed by atoms with Gasteiger partial charge in [0.1, 0.15) is 11.6 Å². The maximum Gasteiger partial charge on any atom is 0.307 e. The fourth-order valence-electron chi connectivity index (χ4n) is 5.51. The molecule has 21 nitrogen and oxygen atoms in total. The van der Waals surface area contributed by atoms with Crippen LogP contribution < -0.4 is 38.7 Å². The molecule has 2 heterocycles. The van der Waals surface area contributed by atoms with Crippen LogP contribution in [0.2, 0.25) is 0 Å². The molecule has 12 N–H and O–H groups in total. The molecule has 0 saturated heterocycles. The third kappa shape index (κ3) is 17.4. The van der Waals surface area contributed by atoms with E-state index in [-0.39, 0.29) is 98.0 Å². The van der Waals surface area contributed by atoms with E-state index in [1.54, 1.807) is 24.3 Å². The van der Waals surface area contributed by atoms with Crippen molar-refractivity contribution < 1.29 is 43.8 Å². The van der Waals surface area contributed by atoms with Gasteiger partial charge in [0.2, 0.25) is 11.9 Å². The van der Waals surface area contributed by atoms with Crippen LogP contribution in [-0.2, 0) is 35.3 Å². The summed E-state index contributed by atoms with van der Waals surface area (Å²) in [5, 5.41) is 27.5. The molecule has 1 aromatic carbocycles. The Morgan fingerprint density at radius 3 is 2.33 bits per heavy atom. The molecule has 0 unspecified atom stereocenters. The van der Waals surface area contributed by atoms with Gasteiger partial charge in [0.05, 0.1) is 36.8 Å². The van der Waals surface area contributed by atoms with E-state index < -0.39 is 59.9 Å². The molecule has 0 aliphatic rings. The monoisotopic (exact) mass is 871 g/mol. The van der Waals surface area contributed by atoms with E-state index in [1.165, 1.54) is 34.7 Å². The number of guanidine groups is 1. The first-order chi connectivity index (χ1) is 28.5. The molecule has 0 bridgehead atoms. The number of H-pyrrole nitrogens is 1. The SMILES string of the molecule is CC(=O)CCSSC[C@H](CC(=O)[C@H](CC(=O)O)NC(=O)[C@H](CCCN=C(N)N)CC(=O)CCCNC(=O)c1ccc(NCc2cnc3nc(N)[nH]c(=O)c3n2)cc1)C(=O)O. The number of nitrogens with zero attached hydrogens (tertiary/aromatic N) is 4. The van der Waals surface area contributed by atoms with Crippen molar-refractivity contribution >= 4 is 91.4 Å². The van der Waals surface area contributed by atoms with E-state index in [9.17, 15) is 48.6 Å². The lowest BCUT2D eigenvalue weighted by Gasteiger charge is -2.22. The minimum atomic E-state index is -1.55. The van der Waals surface area contributed by atoms with Gasteiger partial charge in [-0.1, -0.05) is 21.6 Å². The summed E-state index contributed by atoms with van der Waals surface area (Å²) in [6.07, 6.45) is 0.775. The Labute approximate surface area is 351 Å². The van der Waals surface area contributed by atoms with Gasteiger partial charge < -0.3 is 43.4 Å². The molecule has 0 saturated carbocycles. The highest BCUT2D eigenvalue weighted by atomic mass is 33.1. The van der Waals surface area contributed by atoms with Crippen molar-refractivity contribution in [2.45, 2.75) is 70.9 Å². The highest BCUT2D eigenvalue weighted by Gasteiger charge is 2.31. The molecule has 23 heteroatoms. The largest absolute Gasteiger partial charge is 0.481 e. The number of rotatable bonds is 28. The van der Waals surface area contributed by atoms with Gasteiger partial charge in [0, 0.05) is 67.4 Å². The number of Topliss-reactive ketones (excluding diaryl/α,β-unsaturated/α-hetero) is 3. The molecule has 60 heavy (non-hydrogen) atoms. The van der Waals surface area contributed by atoms with E-state index in [0.29, 0.717) is 29.1 Å². The molecule has 0 fully saturated rings. The molecule has 3 aromatic rings. The summed E-state index contributed by atoms with van der Waals surface area (Å²) in [6, 6.07) is 5.00. The number of aliphatic imine (C=N–C) groups is 1. The minimum Gasteiger partial charge on any atom is -0.481 e. The van der Waals surface area contributed by atoms with Gasteiger partial charge in [-0.05, 0) is 50.5 Å². The molecule has 3 rings (SSSR count). The first-order valence-corrected chi connectivity index (χ1v) is 21.2. The summed E-state index contributed by atoms with van der Waals surface area (Å²) in [7, 11) is 2.45. The van der Waals surface area contributed by atoms with Crippen LogP contribution in [0.25, 0.3) is 11.2 Å². The van der Waals surface area contributed by atoms with E-state index in [0.717, 1.165) is 0 Å². The van der Waals surface area contributed by atoms with Gasteiger partial charge in [-0.25, -0.2) is 9.97 Å². The van der Waals surface area contributed by atoms with Crippen molar-refractivity contribution in [2.24, 2.45) is 28.3 Å². The zero-order valence-electron chi connectivity index (χ0n) is 32.8. The number of aromatic nitrogens is 4. The number of fused-ring (bicyclic) bond motifs is 1. The number of hydrogen-bond acceptors (Lipinski definition) is 16. The van der Waals surface area contributed by atoms with Gasteiger partial charge in [0.25, 0.3) is 11.5 Å². The first-order valence-electron chi connectivity index (χ1n) is 18.7. The Hall–Kier alpha value is -6.10. The second-order valence-corrected chi connectivity index (χ2v) is 16.2. The molecular weight excluding hydrogens is 823 g/mol. The van der Waals surface area contributed by atoms with Gasteiger partial charge in [0.15, 0.2) is 22.9 Å². The van der Waals surface area contributed by atoms with Crippen LogP contribution in [0.1, 0.15) is 74.3 Å². The van der Waals surface area contributed by atoms with Crippen LogP contribution >= 0.6 is 21.6 Å². The molecular formula is C37H49N11O10S2. The van der Waals surface area contributed by atoms with Crippen molar-refractivity contribution in [1.82, 2.24) is 30.6 Å². The number of nitrogen functional groups attached to an aromatic ring is 1. The standard InChI is InChI=1S/C37H49N11O10S2/c1-20(49)10-13-59-60-19-23(35(57)58)15-28(51)27(16-29(52)53)46-33(55)22(4-2-12-42-36(38)39)14-26(50)5-3-11-41-32(54)21-6-8-24(9-7-21)43-17-25-18-44-31-30(45-25)34(56)48-37(40)47-31/h6-9,18,22-23,27,43H,2-5,10-17,19H2,1H3,(H,41,54)(H,46,55)(H,52,53)(H,57,58)(H4,38,39,42)(H3,40,44,47,48,56)/t22-,23+,27+/m1/s1. The number of nitrogens with two attached hydrogens (primary N) is 3. The average molecular weight is 872 g/mol. The Bertz CT molecular complexity index is 2100. The Balaban J connectivity index is 1.52. The van der Waals surface area contributed by atoms with Gasteiger partial charge >= 0.3 is 11.9 Å². The summed E-state index contributed by atoms with van der Waals surface area (Å²) in [5.41, 5.74) is 17.5. The molecule has 0 aliphatic carbocycles. The number of benzene rings is 1. The average Bonchev–Trinajstić information content (AvgIpc) is 3.18. The van der Waals surface area contributed by atoms with Crippen molar-refractivity contribution in [2.75, 3.05) is 35.6 Å². The Morgan fingerprint density at radius 2 is 1.67 bits per heavy atom. The number of hydrogen-bond donors (Lipinski definition) is 9. The number of ketones is 3. The van der Waals surface area contributed by atoms with Crippen LogP contribution in [0.3, 0.4) is 0 Å². The van der Waals surface area contributed by atoms with E-state index in [1.807, 2.05) is 0 Å². The number of carbonyl (C=O) groups excluding carboxylic acids is 5. The van der Waals surface area contributed by atoms with Crippen molar-refractivity contribution in [3.8, 4) is 0 Å². The molecule has 2 amide bonds. The third-order valence-corrected chi connectivity index (χ3v) is 11.1. The normalized spacial score (nSPS) is 12.4. The van der Waals surface area contributed by atoms with E-state index >= 15 is 0 Å². The summed E-state index contributed by atoms with van der Waals surface area (Å²) in [4.78, 5) is 118.